The van der Waals surface area contributed by atoms with Gasteiger partial charge >= 0.3 is 0 Å². The van der Waals surface area contributed by atoms with Gasteiger partial charge in [0, 0.05) is 18.8 Å². The minimum absolute atomic E-state index is 0.0116. The first-order chi connectivity index (χ1) is 5.26. The van der Waals surface area contributed by atoms with Gasteiger partial charge in [0.25, 0.3) is 0 Å². The molecule has 0 aliphatic carbocycles. The summed E-state index contributed by atoms with van der Waals surface area (Å²) in [6.45, 7) is 1.76. The summed E-state index contributed by atoms with van der Waals surface area (Å²) in [5, 5.41) is 17.2. The molecule has 0 atom stereocenters. The molecular weight excluding hydrogens is 144 g/mol. The standard InChI is InChI=1S/C8H14O3/c1-7(6-11)8(2-4-9)3-5-10/h8-10H,2-5H2,1H3. The number of rotatable bonds is 5. The van der Waals surface area contributed by atoms with Gasteiger partial charge in [-0.1, -0.05) is 0 Å². The van der Waals surface area contributed by atoms with E-state index in [0.29, 0.717) is 18.4 Å². The molecule has 0 aromatic heterocycles. The molecule has 0 amide bonds. The third-order valence-electron chi connectivity index (χ3n) is 1.73. The minimum atomic E-state index is -0.0116. The lowest BCUT2D eigenvalue weighted by Crippen LogP contribution is -2.07. The molecule has 0 rings (SSSR count). The fraction of sp³-hybridized carbons (Fsp3) is 0.750. The van der Waals surface area contributed by atoms with Gasteiger partial charge in [0.05, 0.1) is 0 Å². The molecule has 0 unspecified atom stereocenters. The molecule has 0 saturated heterocycles. The SMILES string of the molecule is CC(=C=O)C(CCO)CCO. The molecule has 2 N–H and O–H groups in total. The highest BCUT2D eigenvalue weighted by Crippen LogP contribution is 2.15. The summed E-state index contributed by atoms with van der Waals surface area (Å²) in [6, 6.07) is 0. The second-order valence-electron chi connectivity index (χ2n) is 2.51. The van der Waals surface area contributed by atoms with Crippen LogP contribution in [0.3, 0.4) is 0 Å². The van der Waals surface area contributed by atoms with Crippen molar-refractivity contribution in [3.05, 3.63) is 5.57 Å². The Hall–Kier alpha value is -0.630. The molecule has 0 heterocycles. The number of hydrogen-bond acceptors (Lipinski definition) is 3. The number of aliphatic hydroxyl groups excluding tert-OH is 2. The third kappa shape index (κ3) is 3.94. The van der Waals surface area contributed by atoms with Crippen LogP contribution in [0.15, 0.2) is 5.57 Å². The normalized spacial score (nSPS) is 9.82. The van der Waals surface area contributed by atoms with Crippen molar-refractivity contribution in [3.63, 3.8) is 0 Å². The summed E-state index contributed by atoms with van der Waals surface area (Å²) >= 11 is 0. The maximum atomic E-state index is 10.2. The zero-order valence-corrected chi connectivity index (χ0v) is 6.71. The van der Waals surface area contributed by atoms with Gasteiger partial charge in [0.15, 0.2) is 0 Å². The van der Waals surface area contributed by atoms with E-state index in [9.17, 15) is 4.79 Å². The number of carbonyl (C=O) groups excluding carboxylic acids is 1. The van der Waals surface area contributed by atoms with E-state index in [4.69, 9.17) is 10.2 Å². The Kier molecular flexibility index (Phi) is 5.75. The Morgan fingerprint density at radius 3 is 2.09 bits per heavy atom. The van der Waals surface area contributed by atoms with E-state index in [1.54, 1.807) is 12.9 Å². The van der Waals surface area contributed by atoms with E-state index in [1.165, 1.54) is 0 Å². The first-order valence-corrected chi connectivity index (χ1v) is 3.69. The molecule has 0 bridgehead atoms. The predicted octanol–water partition coefficient (Wildman–Crippen LogP) is 0.145. The summed E-state index contributed by atoms with van der Waals surface area (Å²) in [4.78, 5) is 10.2. The molecule has 0 fully saturated rings. The van der Waals surface area contributed by atoms with Crippen LogP contribution in [0.25, 0.3) is 0 Å². The van der Waals surface area contributed by atoms with Crippen LogP contribution in [0, 0.1) is 5.92 Å². The highest BCUT2D eigenvalue weighted by molar-refractivity contribution is 5.52. The lowest BCUT2D eigenvalue weighted by molar-refractivity contribution is 0.230. The molecule has 0 spiro atoms. The molecule has 0 aromatic carbocycles. The van der Waals surface area contributed by atoms with Gasteiger partial charge in [-0.3, -0.25) is 0 Å². The Bertz CT molecular complexity index is 141. The van der Waals surface area contributed by atoms with Crippen LogP contribution in [-0.2, 0) is 4.79 Å². The van der Waals surface area contributed by atoms with Crippen molar-refractivity contribution in [2.24, 2.45) is 5.92 Å². The fourth-order valence-electron chi connectivity index (χ4n) is 0.972. The second-order valence-corrected chi connectivity index (χ2v) is 2.51. The van der Waals surface area contributed by atoms with Crippen LogP contribution in [0.1, 0.15) is 19.8 Å². The van der Waals surface area contributed by atoms with Gasteiger partial charge in [0.2, 0.25) is 0 Å². The summed E-state index contributed by atoms with van der Waals surface area (Å²) in [6.07, 6.45) is 1.06. The Morgan fingerprint density at radius 1 is 1.36 bits per heavy atom. The van der Waals surface area contributed by atoms with Crippen LogP contribution in [-0.4, -0.2) is 29.4 Å². The monoisotopic (exact) mass is 158 g/mol. The molecule has 64 valence electrons. The van der Waals surface area contributed by atoms with E-state index in [1.807, 2.05) is 0 Å². The lowest BCUT2D eigenvalue weighted by Gasteiger charge is -2.11. The molecular formula is C8H14O3. The van der Waals surface area contributed by atoms with Gasteiger partial charge in [-0.25, -0.2) is 4.79 Å². The fourth-order valence-corrected chi connectivity index (χ4v) is 0.972. The summed E-state index contributed by atoms with van der Waals surface area (Å²) < 4.78 is 0. The van der Waals surface area contributed by atoms with Crippen LogP contribution in [0.5, 0.6) is 0 Å². The van der Waals surface area contributed by atoms with E-state index < -0.39 is 0 Å². The second kappa shape index (κ2) is 6.10. The van der Waals surface area contributed by atoms with Gasteiger partial charge in [-0.05, 0) is 25.7 Å². The maximum absolute atomic E-state index is 10.2. The van der Waals surface area contributed by atoms with Crippen LogP contribution in [0.4, 0.5) is 0 Å². The maximum Gasteiger partial charge on any atom is 0.123 e. The first kappa shape index (κ1) is 10.4. The van der Waals surface area contributed by atoms with Crippen LogP contribution in [0.2, 0.25) is 0 Å². The van der Waals surface area contributed by atoms with E-state index in [0.717, 1.165) is 0 Å². The van der Waals surface area contributed by atoms with Crippen molar-refractivity contribution in [2.45, 2.75) is 19.8 Å². The molecule has 3 heteroatoms. The van der Waals surface area contributed by atoms with E-state index in [-0.39, 0.29) is 19.1 Å². The quantitative estimate of drug-likeness (QED) is 0.560. The van der Waals surface area contributed by atoms with E-state index in [2.05, 4.69) is 0 Å². The predicted molar refractivity (Wildman–Crippen MR) is 41.8 cm³/mol. The van der Waals surface area contributed by atoms with Crippen LogP contribution >= 0.6 is 0 Å². The molecule has 0 aromatic rings. The van der Waals surface area contributed by atoms with Gasteiger partial charge in [-0.2, -0.15) is 0 Å². The Morgan fingerprint density at radius 2 is 1.82 bits per heavy atom. The summed E-state index contributed by atoms with van der Waals surface area (Å²) in [7, 11) is 0. The zero-order chi connectivity index (χ0) is 8.69. The molecule has 0 saturated carbocycles. The Balaban J connectivity index is 3.97. The van der Waals surface area contributed by atoms with Gasteiger partial charge < -0.3 is 10.2 Å². The lowest BCUT2D eigenvalue weighted by atomic mass is 9.95. The van der Waals surface area contributed by atoms with Gasteiger partial charge in [-0.15, -0.1) is 0 Å². The zero-order valence-electron chi connectivity index (χ0n) is 6.71. The van der Waals surface area contributed by atoms with E-state index >= 15 is 0 Å². The highest BCUT2D eigenvalue weighted by Gasteiger charge is 2.09. The smallest absolute Gasteiger partial charge is 0.123 e. The average molecular weight is 158 g/mol. The third-order valence-corrected chi connectivity index (χ3v) is 1.73. The minimum Gasteiger partial charge on any atom is -0.396 e. The number of allylic oxidation sites excluding steroid dienone is 1. The summed E-state index contributed by atoms with van der Waals surface area (Å²) in [5.74, 6) is 1.77. The molecule has 3 nitrogen and oxygen atoms in total. The largest absolute Gasteiger partial charge is 0.396 e. The molecule has 0 aliphatic heterocycles. The molecule has 11 heavy (non-hydrogen) atoms. The highest BCUT2D eigenvalue weighted by atomic mass is 16.3. The number of hydrogen-bond donors (Lipinski definition) is 2. The summed E-state index contributed by atoms with van der Waals surface area (Å²) in [5.41, 5.74) is 0.577. The van der Waals surface area contributed by atoms with Crippen molar-refractivity contribution >= 4 is 5.94 Å². The molecule has 0 radical (unpaired) electrons. The van der Waals surface area contributed by atoms with Gasteiger partial charge in [0.1, 0.15) is 5.94 Å². The number of aliphatic hydroxyl groups is 2. The molecule has 0 aliphatic rings. The van der Waals surface area contributed by atoms with Crippen LogP contribution < -0.4 is 0 Å². The topological polar surface area (TPSA) is 57.5 Å². The van der Waals surface area contributed by atoms with Crippen molar-refractivity contribution in [1.82, 2.24) is 0 Å². The van der Waals surface area contributed by atoms with Crippen molar-refractivity contribution in [1.29, 1.82) is 0 Å². The van der Waals surface area contributed by atoms with Crippen molar-refractivity contribution in [3.8, 4) is 0 Å². The van der Waals surface area contributed by atoms with Crippen molar-refractivity contribution < 1.29 is 15.0 Å². The average Bonchev–Trinajstić information content (AvgIpc) is 2.03. The van der Waals surface area contributed by atoms with Crippen molar-refractivity contribution in [2.75, 3.05) is 13.2 Å². The first-order valence-electron chi connectivity index (χ1n) is 3.69. The Labute approximate surface area is 66.4 Å².